The molecule has 0 N–H and O–H groups in total. The van der Waals surface area contributed by atoms with Gasteiger partial charge in [0.2, 0.25) is 5.89 Å². The zero-order valence-corrected chi connectivity index (χ0v) is 16.8. The highest BCUT2D eigenvalue weighted by atomic mass is 32.2. The van der Waals surface area contributed by atoms with E-state index in [2.05, 4.69) is 46.1 Å². The second-order valence-electron chi connectivity index (χ2n) is 6.84. The minimum atomic E-state index is 0.513. The first kappa shape index (κ1) is 16.9. The number of hydrogen-bond acceptors (Lipinski definition) is 7. The van der Waals surface area contributed by atoms with Crippen LogP contribution in [0.2, 0.25) is 0 Å². The van der Waals surface area contributed by atoms with Gasteiger partial charge < -0.3 is 4.42 Å². The Kier molecular flexibility index (Phi) is 4.21. The summed E-state index contributed by atoms with van der Waals surface area (Å²) >= 11 is 3.23. The van der Waals surface area contributed by atoms with E-state index in [-0.39, 0.29) is 0 Å². The molecule has 7 heteroatoms. The molecule has 1 aliphatic rings. The normalized spacial score (nSPS) is 13.9. The van der Waals surface area contributed by atoms with Crippen molar-refractivity contribution >= 4 is 33.3 Å². The fourth-order valence-electron chi connectivity index (χ4n) is 3.46. The van der Waals surface area contributed by atoms with Crippen molar-refractivity contribution in [2.45, 2.75) is 49.8 Å². The summed E-state index contributed by atoms with van der Waals surface area (Å²) in [5.74, 6) is 0.540. The summed E-state index contributed by atoms with van der Waals surface area (Å²) in [6, 6.07) is 6.17. The van der Waals surface area contributed by atoms with Gasteiger partial charge in [-0.1, -0.05) is 6.07 Å². The molecule has 5 rings (SSSR count). The Morgan fingerprint density at radius 1 is 1.04 bits per heavy atom. The Labute approximate surface area is 165 Å². The molecule has 0 fully saturated rings. The van der Waals surface area contributed by atoms with E-state index in [0.29, 0.717) is 11.1 Å². The molecule has 0 spiro atoms. The van der Waals surface area contributed by atoms with Crippen LogP contribution >= 0.6 is 23.1 Å². The van der Waals surface area contributed by atoms with Crippen LogP contribution in [0.5, 0.6) is 0 Å². The molecule has 136 valence electrons. The molecular formula is C20H18N4OS2. The maximum absolute atomic E-state index is 5.92. The molecular weight excluding hydrogens is 376 g/mol. The molecule has 0 saturated carbocycles. The van der Waals surface area contributed by atoms with Crippen LogP contribution < -0.4 is 0 Å². The highest BCUT2D eigenvalue weighted by Gasteiger charge is 2.21. The van der Waals surface area contributed by atoms with Crippen LogP contribution in [0.3, 0.4) is 0 Å². The Morgan fingerprint density at radius 3 is 2.81 bits per heavy atom. The van der Waals surface area contributed by atoms with Gasteiger partial charge in [0.1, 0.15) is 16.2 Å². The van der Waals surface area contributed by atoms with Crippen molar-refractivity contribution in [1.29, 1.82) is 0 Å². The summed E-state index contributed by atoms with van der Waals surface area (Å²) in [6.07, 6.45) is 6.38. The van der Waals surface area contributed by atoms with E-state index in [4.69, 9.17) is 4.42 Å². The van der Waals surface area contributed by atoms with Crippen LogP contribution in [0.4, 0.5) is 0 Å². The Balaban J connectivity index is 1.50. The fourth-order valence-corrected chi connectivity index (χ4v) is 5.55. The van der Waals surface area contributed by atoms with Crippen molar-refractivity contribution in [1.82, 2.24) is 20.2 Å². The van der Waals surface area contributed by atoms with Gasteiger partial charge in [-0.2, -0.15) is 0 Å². The minimum absolute atomic E-state index is 0.513. The van der Waals surface area contributed by atoms with Crippen LogP contribution in [0.25, 0.3) is 21.7 Å². The zero-order valence-electron chi connectivity index (χ0n) is 15.2. The number of aryl methyl sites for hydroxylation is 4. The first-order valence-electron chi connectivity index (χ1n) is 9.03. The van der Waals surface area contributed by atoms with Gasteiger partial charge in [-0.3, -0.25) is 0 Å². The maximum Gasteiger partial charge on any atom is 0.283 e. The Hall–Kier alpha value is -2.25. The summed E-state index contributed by atoms with van der Waals surface area (Å²) in [5.41, 5.74) is 4.82. The second kappa shape index (κ2) is 6.73. The third-order valence-electron chi connectivity index (χ3n) is 5.06. The van der Waals surface area contributed by atoms with E-state index in [1.807, 2.05) is 6.07 Å². The van der Waals surface area contributed by atoms with Gasteiger partial charge in [0.05, 0.1) is 0 Å². The molecule has 0 unspecified atom stereocenters. The molecule has 3 heterocycles. The van der Waals surface area contributed by atoms with Crippen molar-refractivity contribution in [2.75, 3.05) is 0 Å². The molecule has 0 amide bonds. The Bertz CT molecular complexity index is 1150. The quantitative estimate of drug-likeness (QED) is 0.434. The van der Waals surface area contributed by atoms with Crippen LogP contribution in [-0.2, 0) is 12.8 Å². The van der Waals surface area contributed by atoms with Gasteiger partial charge in [0.25, 0.3) is 5.22 Å². The lowest BCUT2D eigenvalue weighted by Crippen LogP contribution is -1.98. The largest absolute Gasteiger partial charge is 0.411 e. The second-order valence-corrected chi connectivity index (χ2v) is 8.87. The minimum Gasteiger partial charge on any atom is -0.411 e. The van der Waals surface area contributed by atoms with E-state index < -0.39 is 0 Å². The van der Waals surface area contributed by atoms with Gasteiger partial charge in [-0.25, -0.2) is 9.97 Å². The third-order valence-corrected chi connectivity index (χ3v) is 7.10. The first-order valence-corrected chi connectivity index (χ1v) is 10.7. The summed E-state index contributed by atoms with van der Waals surface area (Å²) in [6.45, 7) is 4.18. The van der Waals surface area contributed by atoms with Crippen LogP contribution in [0.1, 0.15) is 34.4 Å². The van der Waals surface area contributed by atoms with Crippen molar-refractivity contribution in [3.8, 4) is 11.5 Å². The standard InChI is InChI=1S/C20H18N4OS2/c1-11-7-8-13(9-12(11)2)17-23-24-20(25-17)27-19-16-14-5-3-4-6-15(14)26-18(16)21-10-22-19/h7-10H,3-6H2,1-2H3. The molecule has 0 saturated heterocycles. The third kappa shape index (κ3) is 3.04. The molecule has 0 bridgehead atoms. The molecule has 0 atom stereocenters. The van der Waals surface area contributed by atoms with Crippen molar-refractivity contribution in [3.63, 3.8) is 0 Å². The lowest BCUT2D eigenvalue weighted by atomic mass is 9.97. The van der Waals surface area contributed by atoms with E-state index in [9.17, 15) is 0 Å². The molecule has 1 aliphatic carbocycles. The first-order chi connectivity index (χ1) is 13.2. The van der Waals surface area contributed by atoms with Crippen molar-refractivity contribution < 1.29 is 4.42 Å². The topological polar surface area (TPSA) is 64.7 Å². The number of nitrogens with zero attached hydrogens (tertiary/aromatic N) is 4. The summed E-state index contributed by atoms with van der Waals surface area (Å²) < 4.78 is 5.92. The molecule has 4 aromatic rings. The molecule has 0 aliphatic heterocycles. The van der Waals surface area contributed by atoms with E-state index >= 15 is 0 Å². The van der Waals surface area contributed by atoms with Gasteiger partial charge in [0.15, 0.2) is 0 Å². The number of benzene rings is 1. The molecule has 3 aromatic heterocycles. The predicted octanol–water partition coefficient (Wildman–Crippen LogP) is 5.39. The van der Waals surface area contributed by atoms with E-state index in [1.165, 1.54) is 51.6 Å². The van der Waals surface area contributed by atoms with Gasteiger partial charge in [-0.15, -0.1) is 21.5 Å². The monoisotopic (exact) mass is 394 g/mol. The fraction of sp³-hybridized carbons (Fsp3) is 0.300. The van der Waals surface area contributed by atoms with Crippen LogP contribution in [0.15, 0.2) is 39.2 Å². The van der Waals surface area contributed by atoms with Gasteiger partial charge in [-0.05, 0) is 80.1 Å². The molecule has 0 radical (unpaired) electrons. The zero-order chi connectivity index (χ0) is 18.4. The average Bonchev–Trinajstić information content (AvgIpc) is 3.29. The van der Waals surface area contributed by atoms with Gasteiger partial charge >= 0.3 is 0 Å². The summed E-state index contributed by atoms with van der Waals surface area (Å²) in [5, 5.41) is 11.1. The summed E-state index contributed by atoms with van der Waals surface area (Å²) in [7, 11) is 0. The smallest absolute Gasteiger partial charge is 0.283 e. The Morgan fingerprint density at radius 2 is 1.93 bits per heavy atom. The average molecular weight is 395 g/mol. The lowest BCUT2D eigenvalue weighted by Gasteiger charge is -2.10. The number of hydrogen-bond donors (Lipinski definition) is 0. The maximum atomic E-state index is 5.92. The van der Waals surface area contributed by atoms with Crippen molar-refractivity contribution in [2.24, 2.45) is 0 Å². The molecule has 27 heavy (non-hydrogen) atoms. The molecule has 5 nitrogen and oxygen atoms in total. The summed E-state index contributed by atoms with van der Waals surface area (Å²) in [4.78, 5) is 11.5. The highest BCUT2D eigenvalue weighted by molar-refractivity contribution is 7.99. The molecule has 1 aromatic carbocycles. The lowest BCUT2D eigenvalue weighted by molar-refractivity contribution is 0.465. The number of fused-ring (bicyclic) bond motifs is 3. The van der Waals surface area contributed by atoms with E-state index in [1.54, 1.807) is 17.7 Å². The van der Waals surface area contributed by atoms with E-state index in [0.717, 1.165) is 28.3 Å². The van der Waals surface area contributed by atoms with Gasteiger partial charge in [0, 0.05) is 15.8 Å². The van der Waals surface area contributed by atoms with Crippen LogP contribution in [0, 0.1) is 13.8 Å². The predicted molar refractivity (Wildman–Crippen MR) is 107 cm³/mol. The number of thiophene rings is 1. The highest BCUT2D eigenvalue weighted by Crippen LogP contribution is 2.41. The number of aromatic nitrogens is 4. The van der Waals surface area contributed by atoms with Crippen LogP contribution in [-0.4, -0.2) is 20.2 Å². The number of rotatable bonds is 3. The SMILES string of the molecule is Cc1ccc(-c2nnc(Sc3ncnc4sc5c(c34)CCCC5)o2)cc1C. The van der Waals surface area contributed by atoms with Crippen molar-refractivity contribution in [3.05, 3.63) is 46.1 Å².